The average molecular weight is 209 g/mol. The number of benzene rings is 1. The molecule has 0 aromatic heterocycles. The van der Waals surface area contributed by atoms with Crippen LogP contribution < -0.4 is 10.5 Å². The Morgan fingerprint density at radius 3 is 2.67 bits per heavy atom. The fourth-order valence-corrected chi connectivity index (χ4v) is 1.17. The van der Waals surface area contributed by atoms with Crippen molar-refractivity contribution >= 4 is 11.9 Å². The van der Waals surface area contributed by atoms with Crippen LogP contribution in [0.15, 0.2) is 18.2 Å². The lowest BCUT2D eigenvalue weighted by molar-refractivity contribution is -0.139. The van der Waals surface area contributed by atoms with Gasteiger partial charge in [-0.15, -0.1) is 0 Å². The lowest BCUT2D eigenvalue weighted by Crippen LogP contribution is -2.16. The van der Waals surface area contributed by atoms with E-state index in [0.717, 1.165) is 0 Å². The van der Waals surface area contributed by atoms with E-state index in [9.17, 15) is 9.59 Å². The largest absolute Gasteiger partial charge is 0.481 e. The van der Waals surface area contributed by atoms with E-state index in [-0.39, 0.29) is 11.3 Å². The molecular weight excluding hydrogens is 198 g/mol. The van der Waals surface area contributed by atoms with Crippen molar-refractivity contribution in [2.45, 2.75) is 6.92 Å². The summed E-state index contributed by atoms with van der Waals surface area (Å²) in [6, 6.07) is 4.86. The lowest BCUT2D eigenvalue weighted by Gasteiger charge is -2.10. The molecule has 1 rings (SSSR count). The number of hydrogen-bond donors (Lipinski definition) is 2. The van der Waals surface area contributed by atoms with Crippen molar-refractivity contribution in [3.63, 3.8) is 0 Å². The number of carboxylic acids is 1. The topological polar surface area (TPSA) is 89.6 Å². The molecule has 0 saturated carbocycles. The van der Waals surface area contributed by atoms with Crippen LogP contribution in [0.4, 0.5) is 0 Å². The van der Waals surface area contributed by atoms with E-state index in [0.29, 0.717) is 5.56 Å². The van der Waals surface area contributed by atoms with E-state index in [1.54, 1.807) is 19.1 Å². The van der Waals surface area contributed by atoms with Crippen LogP contribution in [0.3, 0.4) is 0 Å². The molecule has 15 heavy (non-hydrogen) atoms. The predicted octanol–water partition coefficient (Wildman–Crippen LogP) is 0.557. The van der Waals surface area contributed by atoms with Crippen molar-refractivity contribution in [1.82, 2.24) is 0 Å². The molecule has 5 nitrogen and oxygen atoms in total. The van der Waals surface area contributed by atoms with E-state index < -0.39 is 18.5 Å². The van der Waals surface area contributed by atoms with E-state index in [1.807, 2.05) is 0 Å². The standard InChI is InChI=1S/C10H11NO4/c1-6-3-2-4-7(10(11)14)9(6)15-5-8(12)13/h2-4H,5H2,1H3,(H2,11,14)(H,12,13). The summed E-state index contributed by atoms with van der Waals surface area (Å²) in [5.74, 6) is -1.51. The Morgan fingerprint density at radius 1 is 1.47 bits per heavy atom. The maximum absolute atomic E-state index is 11.0. The number of rotatable bonds is 4. The number of ether oxygens (including phenoxy) is 1. The van der Waals surface area contributed by atoms with Crippen molar-refractivity contribution in [2.75, 3.05) is 6.61 Å². The first-order valence-corrected chi connectivity index (χ1v) is 4.26. The second-order valence-electron chi connectivity index (χ2n) is 3.00. The number of amides is 1. The van der Waals surface area contributed by atoms with Crippen LogP contribution in [-0.4, -0.2) is 23.6 Å². The van der Waals surface area contributed by atoms with Crippen LogP contribution in [-0.2, 0) is 4.79 Å². The smallest absolute Gasteiger partial charge is 0.341 e. The Labute approximate surface area is 86.5 Å². The molecule has 0 atom stereocenters. The van der Waals surface area contributed by atoms with Gasteiger partial charge in [0.2, 0.25) is 0 Å². The number of nitrogens with two attached hydrogens (primary N) is 1. The van der Waals surface area contributed by atoms with Gasteiger partial charge in [0.15, 0.2) is 6.61 Å². The average Bonchev–Trinajstić information content (AvgIpc) is 2.15. The van der Waals surface area contributed by atoms with Crippen LogP contribution >= 0.6 is 0 Å². The third-order valence-corrected chi connectivity index (χ3v) is 1.82. The van der Waals surface area contributed by atoms with Gasteiger partial charge in [-0.1, -0.05) is 12.1 Å². The molecule has 0 bridgehead atoms. The zero-order valence-electron chi connectivity index (χ0n) is 8.19. The summed E-state index contributed by atoms with van der Waals surface area (Å²) in [5.41, 5.74) is 5.99. The van der Waals surface area contributed by atoms with Gasteiger partial charge in [0.25, 0.3) is 5.91 Å². The summed E-state index contributed by atoms with van der Waals surface area (Å²) in [7, 11) is 0. The molecule has 0 heterocycles. The summed E-state index contributed by atoms with van der Waals surface area (Å²) in [6.45, 7) is 1.22. The summed E-state index contributed by atoms with van der Waals surface area (Å²) in [6.07, 6.45) is 0. The minimum Gasteiger partial charge on any atom is -0.481 e. The van der Waals surface area contributed by atoms with Crippen molar-refractivity contribution in [1.29, 1.82) is 0 Å². The summed E-state index contributed by atoms with van der Waals surface area (Å²) < 4.78 is 4.99. The maximum Gasteiger partial charge on any atom is 0.341 e. The summed E-state index contributed by atoms with van der Waals surface area (Å²) >= 11 is 0. The molecule has 0 aliphatic heterocycles. The van der Waals surface area contributed by atoms with Gasteiger partial charge in [-0.3, -0.25) is 4.79 Å². The van der Waals surface area contributed by atoms with Crippen molar-refractivity contribution in [3.8, 4) is 5.75 Å². The third kappa shape index (κ3) is 2.70. The monoisotopic (exact) mass is 209 g/mol. The summed E-state index contributed by atoms with van der Waals surface area (Å²) in [4.78, 5) is 21.3. The number of carboxylic acid groups (broad SMARTS) is 1. The fraction of sp³-hybridized carbons (Fsp3) is 0.200. The highest BCUT2D eigenvalue weighted by molar-refractivity contribution is 5.96. The summed E-state index contributed by atoms with van der Waals surface area (Å²) in [5, 5.41) is 8.45. The Morgan fingerprint density at radius 2 is 2.13 bits per heavy atom. The van der Waals surface area contributed by atoms with E-state index in [2.05, 4.69) is 0 Å². The molecule has 0 radical (unpaired) electrons. The van der Waals surface area contributed by atoms with Gasteiger partial charge < -0.3 is 15.6 Å². The second-order valence-corrected chi connectivity index (χ2v) is 3.00. The van der Waals surface area contributed by atoms with E-state index >= 15 is 0 Å². The fourth-order valence-electron chi connectivity index (χ4n) is 1.17. The first-order chi connectivity index (χ1) is 7.02. The molecule has 80 valence electrons. The third-order valence-electron chi connectivity index (χ3n) is 1.82. The van der Waals surface area contributed by atoms with Gasteiger partial charge in [0.1, 0.15) is 5.75 Å². The minimum absolute atomic E-state index is 0.191. The first kappa shape index (κ1) is 11.0. The number of carbonyl (C=O) groups is 2. The van der Waals surface area contributed by atoms with Gasteiger partial charge in [-0.2, -0.15) is 0 Å². The van der Waals surface area contributed by atoms with Gasteiger partial charge >= 0.3 is 5.97 Å². The molecule has 1 aromatic rings. The number of aryl methyl sites for hydroxylation is 1. The van der Waals surface area contributed by atoms with Crippen LogP contribution in [0, 0.1) is 6.92 Å². The number of para-hydroxylation sites is 1. The van der Waals surface area contributed by atoms with Crippen molar-refractivity contribution < 1.29 is 19.4 Å². The zero-order chi connectivity index (χ0) is 11.4. The van der Waals surface area contributed by atoms with Gasteiger partial charge in [0, 0.05) is 0 Å². The molecule has 0 saturated heterocycles. The number of aliphatic carboxylic acids is 1. The molecule has 0 unspecified atom stereocenters. The normalized spacial score (nSPS) is 9.67. The highest BCUT2D eigenvalue weighted by Gasteiger charge is 2.12. The molecule has 1 amide bonds. The Hall–Kier alpha value is -2.04. The molecule has 0 aliphatic carbocycles. The van der Waals surface area contributed by atoms with Crippen LogP contribution in [0.25, 0.3) is 0 Å². The first-order valence-electron chi connectivity index (χ1n) is 4.26. The van der Waals surface area contributed by atoms with E-state index in [4.69, 9.17) is 15.6 Å². The van der Waals surface area contributed by atoms with Crippen LogP contribution in [0.1, 0.15) is 15.9 Å². The molecule has 3 N–H and O–H groups in total. The second kappa shape index (κ2) is 4.45. The Kier molecular flexibility index (Phi) is 3.28. The molecule has 5 heteroatoms. The minimum atomic E-state index is -1.10. The molecular formula is C10H11NO4. The SMILES string of the molecule is Cc1cccc(C(N)=O)c1OCC(=O)O. The van der Waals surface area contributed by atoms with Gasteiger partial charge in [-0.25, -0.2) is 4.79 Å². The number of hydrogen-bond acceptors (Lipinski definition) is 3. The molecule has 1 aromatic carbocycles. The number of primary amides is 1. The molecule has 0 spiro atoms. The highest BCUT2D eigenvalue weighted by Crippen LogP contribution is 2.22. The van der Waals surface area contributed by atoms with Crippen LogP contribution in [0.2, 0.25) is 0 Å². The number of carbonyl (C=O) groups excluding carboxylic acids is 1. The zero-order valence-corrected chi connectivity index (χ0v) is 8.19. The van der Waals surface area contributed by atoms with Crippen molar-refractivity contribution in [3.05, 3.63) is 29.3 Å². The maximum atomic E-state index is 11.0. The molecule has 0 fully saturated rings. The Balaban J connectivity index is 3.02. The van der Waals surface area contributed by atoms with Crippen molar-refractivity contribution in [2.24, 2.45) is 5.73 Å². The highest BCUT2D eigenvalue weighted by atomic mass is 16.5. The quantitative estimate of drug-likeness (QED) is 0.758. The predicted molar refractivity (Wildman–Crippen MR) is 52.8 cm³/mol. The lowest BCUT2D eigenvalue weighted by atomic mass is 10.1. The Bertz CT molecular complexity index is 400. The van der Waals surface area contributed by atoms with Gasteiger partial charge in [0.05, 0.1) is 5.56 Å². The van der Waals surface area contributed by atoms with Gasteiger partial charge in [-0.05, 0) is 18.6 Å². The van der Waals surface area contributed by atoms with E-state index in [1.165, 1.54) is 6.07 Å². The van der Waals surface area contributed by atoms with Crippen LogP contribution in [0.5, 0.6) is 5.75 Å². The molecule has 0 aliphatic rings.